The molecule has 8 heteroatoms. The number of furan rings is 1. The number of hydrogen-bond acceptors (Lipinski definition) is 6. The standard InChI is InChI=1S/C24H24N2O6/c1-29-20-12-17(13-21(30-2)22(20)31-3)25-23(27)18-11-15-7-4-5-8-16(15)14-26(18)24(28)19-9-6-10-32-19/h4-10,12-13,18H,11,14H2,1-3H3,(H,25,27)/t18-/m0/s1. The number of amides is 2. The van der Waals surface area contributed by atoms with Crippen LogP contribution >= 0.6 is 0 Å². The number of nitrogens with zero attached hydrogens (tertiary/aromatic N) is 1. The lowest BCUT2D eigenvalue weighted by Gasteiger charge is -2.35. The van der Waals surface area contributed by atoms with E-state index in [1.807, 2.05) is 24.3 Å². The first-order valence-electron chi connectivity index (χ1n) is 10.1. The summed E-state index contributed by atoms with van der Waals surface area (Å²) < 4.78 is 21.4. The number of methoxy groups -OCH3 is 3. The predicted molar refractivity (Wildman–Crippen MR) is 117 cm³/mol. The minimum atomic E-state index is -0.721. The van der Waals surface area contributed by atoms with E-state index in [9.17, 15) is 9.59 Å². The second-order valence-electron chi connectivity index (χ2n) is 7.30. The molecule has 2 aromatic carbocycles. The van der Waals surface area contributed by atoms with Gasteiger partial charge in [0.1, 0.15) is 6.04 Å². The van der Waals surface area contributed by atoms with Crippen LogP contribution in [0.25, 0.3) is 0 Å². The number of hydrogen-bond donors (Lipinski definition) is 1. The van der Waals surface area contributed by atoms with Gasteiger partial charge in [-0.3, -0.25) is 9.59 Å². The Labute approximate surface area is 185 Å². The van der Waals surface area contributed by atoms with E-state index in [-0.39, 0.29) is 17.6 Å². The van der Waals surface area contributed by atoms with E-state index < -0.39 is 6.04 Å². The zero-order valence-corrected chi connectivity index (χ0v) is 18.1. The number of carbonyl (C=O) groups excluding carboxylic acids is 2. The molecule has 2 amide bonds. The highest BCUT2D eigenvalue weighted by molar-refractivity contribution is 6.01. The molecule has 0 saturated carbocycles. The molecule has 32 heavy (non-hydrogen) atoms. The Kier molecular flexibility index (Phi) is 6.02. The normalized spacial score (nSPS) is 15.0. The van der Waals surface area contributed by atoms with E-state index in [2.05, 4.69) is 5.32 Å². The van der Waals surface area contributed by atoms with Crippen LogP contribution in [0.3, 0.4) is 0 Å². The van der Waals surface area contributed by atoms with Gasteiger partial charge in [0.15, 0.2) is 17.3 Å². The highest BCUT2D eigenvalue weighted by atomic mass is 16.5. The van der Waals surface area contributed by atoms with Gasteiger partial charge in [-0.15, -0.1) is 0 Å². The van der Waals surface area contributed by atoms with Crippen LogP contribution in [0.15, 0.2) is 59.2 Å². The molecule has 0 saturated heterocycles. The summed E-state index contributed by atoms with van der Waals surface area (Å²) in [5.74, 6) is 0.784. The molecule has 8 nitrogen and oxygen atoms in total. The maximum atomic E-state index is 13.4. The van der Waals surface area contributed by atoms with Crippen molar-refractivity contribution in [2.75, 3.05) is 26.6 Å². The third-order valence-corrected chi connectivity index (χ3v) is 5.48. The van der Waals surface area contributed by atoms with Crippen molar-refractivity contribution in [3.8, 4) is 17.2 Å². The molecule has 1 N–H and O–H groups in total. The van der Waals surface area contributed by atoms with Crippen molar-refractivity contribution in [1.29, 1.82) is 0 Å². The molecule has 1 aromatic heterocycles. The van der Waals surface area contributed by atoms with Crippen LogP contribution < -0.4 is 19.5 Å². The largest absolute Gasteiger partial charge is 0.493 e. The predicted octanol–water partition coefficient (Wildman–Crippen LogP) is 3.51. The minimum absolute atomic E-state index is 0.190. The Morgan fingerprint density at radius 1 is 0.969 bits per heavy atom. The molecular formula is C24H24N2O6. The van der Waals surface area contributed by atoms with E-state index in [0.717, 1.165) is 11.1 Å². The third kappa shape index (κ3) is 3.99. The number of carbonyl (C=O) groups is 2. The fourth-order valence-corrected chi connectivity index (χ4v) is 3.89. The summed E-state index contributed by atoms with van der Waals surface area (Å²) in [4.78, 5) is 28.0. The van der Waals surface area contributed by atoms with Crippen LogP contribution in [0.5, 0.6) is 17.2 Å². The molecule has 0 aliphatic carbocycles. The van der Waals surface area contributed by atoms with Crippen molar-refractivity contribution in [1.82, 2.24) is 4.90 Å². The van der Waals surface area contributed by atoms with Gasteiger partial charge >= 0.3 is 0 Å². The Balaban J connectivity index is 1.65. The first-order valence-corrected chi connectivity index (χ1v) is 10.1. The minimum Gasteiger partial charge on any atom is -0.493 e. The SMILES string of the molecule is COc1cc(NC(=O)[C@@H]2Cc3ccccc3CN2C(=O)c2ccco2)cc(OC)c1OC. The summed E-state index contributed by atoms with van der Waals surface area (Å²) in [5.41, 5.74) is 2.50. The molecule has 0 bridgehead atoms. The second kappa shape index (κ2) is 9.05. The number of nitrogens with one attached hydrogen (secondary N) is 1. The molecule has 1 aliphatic rings. The Hall–Kier alpha value is -3.94. The van der Waals surface area contributed by atoms with E-state index in [1.54, 1.807) is 24.3 Å². The van der Waals surface area contributed by atoms with Crippen LogP contribution in [0.4, 0.5) is 5.69 Å². The summed E-state index contributed by atoms with van der Waals surface area (Å²) >= 11 is 0. The molecular weight excluding hydrogens is 412 g/mol. The van der Waals surface area contributed by atoms with Gasteiger partial charge in [-0.25, -0.2) is 0 Å². The van der Waals surface area contributed by atoms with Gasteiger partial charge < -0.3 is 28.8 Å². The molecule has 0 spiro atoms. The zero-order valence-electron chi connectivity index (χ0n) is 18.1. The van der Waals surface area contributed by atoms with E-state index in [0.29, 0.717) is 35.9 Å². The van der Waals surface area contributed by atoms with Gasteiger partial charge in [0.25, 0.3) is 5.91 Å². The van der Waals surface area contributed by atoms with Crippen molar-refractivity contribution in [2.45, 2.75) is 19.0 Å². The van der Waals surface area contributed by atoms with Gasteiger partial charge in [-0.2, -0.15) is 0 Å². The number of rotatable bonds is 6. The molecule has 4 rings (SSSR count). The van der Waals surface area contributed by atoms with Crippen LogP contribution in [0.1, 0.15) is 21.7 Å². The van der Waals surface area contributed by atoms with E-state index in [4.69, 9.17) is 18.6 Å². The number of benzene rings is 2. The lowest BCUT2D eigenvalue weighted by molar-refractivity contribution is -0.121. The topological polar surface area (TPSA) is 90.2 Å². The monoisotopic (exact) mass is 436 g/mol. The average molecular weight is 436 g/mol. The molecule has 1 aliphatic heterocycles. The highest BCUT2D eigenvalue weighted by Gasteiger charge is 2.36. The van der Waals surface area contributed by atoms with Gasteiger partial charge in [0, 0.05) is 30.8 Å². The molecule has 2 heterocycles. The van der Waals surface area contributed by atoms with Crippen molar-refractivity contribution >= 4 is 17.5 Å². The summed E-state index contributed by atoms with van der Waals surface area (Å²) in [6, 6.07) is 13.6. The highest BCUT2D eigenvalue weighted by Crippen LogP contribution is 2.40. The fourth-order valence-electron chi connectivity index (χ4n) is 3.89. The smallest absolute Gasteiger partial charge is 0.290 e. The van der Waals surface area contributed by atoms with Crippen molar-refractivity contribution in [2.24, 2.45) is 0 Å². The fraction of sp³-hybridized carbons (Fsp3) is 0.250. The number of fused-ring (bicyclic) bond motifs is 1. The second-order valence-corrected chi connectivity index (χ2v) is 7.30. The summed E-state index contributed by atoms with van der Waals surface area (Å²) in [7, 11) is 4.52. The first kappa shape index (κ1) is 21.3. The molecule has 166 valence electrons. The van der Waals surface area contributed by atoms with Crippen LogP contribution in [-0.2, 0) is 17.8 Å². The van der Waals surface area contributed by atoms with Gasteiger partial charge in [-0.1, -0.05) is 24.3 Å². The van der Waals surface area contributed by atoms with Crippen molar-refractivity contribution in [3.63, 3.8) is 0 Å². The molecule has 3 aromatic rings. The Morgan fingerprint density at radius 2 is 1.66 bits per heavy atom. The van der Waals surface area contributed by atoms with Crippen LogP contribution in [0.2, 0.25) is 0 Å². The van der Waals surface area contributed by atoms with Gasteiger partial charge in [0.2, 0.25) is 11.7 Å². The Morgan fingerprint density at radius 3 is 2.25 bits per heavy atom. The third-order valence-electron chi connectivity index (χ3n) is 5.48. The molecule has 0 radical (unpaired) electrons. The van der Waals surface area contributed by atoms with Crippen LogP contribution in [0, 0.1) is 0 Å². The number of ether oxygens (including phenoxy) is 3. The summed E-state index contributed by atoms with van der Waals surface area (Å²) in [6.45, 7) is 0.309. The first-order chi connectivity index (χ1) is 15.5. The zero-order chi connectivity index (χ0) is 22.7. The molecule has 0 fully saturated rings. The lowest BCUT2D eigenvalue weighted by atomic mass is 9.93. The molecule has 0 unspecified atom stereocenters. The lowest BCUT2D eigenvalue weighted by Crippen LogP contribution is -2.50. The average Bonchev–Trinajstić information content (AvgIpc) is 3.37. The number of anilines is 1. The molecule has 1 atom stereocenters. The van der Waals surface area contributed by atoms with E-state index in [1.165, 1.54) is 32.5 Å². The van der Waals surface area contributed by atoms with Crippen molar-refractivity contribution in [3.05, 3.63) is 71.7 Å². The summed E-state index contributed by atoms with van der Waals surface area (Å²) in [6.07, 6.45) is 1.83. The van der Waals surface area contributed by atoms with Gasteiger partial charge in [-0.05, 0) is 23.3 Å². The quantitative estimate of drug-likeness (QED) is 0.636. The Bertz CT molecular complexity index is 1100. The summed E-state index contributed by atoms with van der Waals surface area (Å²) in [5, 5.41) is 2.89. The maximum Gasteiger partial charge on any atom is 0.290 e. The van der Waals surface area contributed by atoms with Crippen molar-refractivity contribution < 1.29 is 28.2 Å². The van der Waals surface area contributed by atoms with Gasteiger partial charge in [0.05, 0.1) is 27.6 Å². The maximum absolute atomic E-state index is 13.4. The van der Waals surface area contributed by atoms with E-state index >= 15 is 0 Å². The van der Waals surface area contributed by atoms with Crippen LogP contribution in [-0.4, -0.2) is 44.1 Å².